The Morgan fingerprint density at radius 3 is 2.67 bits per heavy atom. The van der Waals surface area contributed by atoms with Crippen LogP contribution in [0.2, 0.25) is 0 Å². The highest BCUT2D eigenvalue weighted by molar-refractivity contribution is 14.1. The Morgan fingerprint density at radius 2 is 1.86 bits per heavy atom. The Morgan fingerprint density at radius 1 is 1.00 bits per heavy atom. The highest BCUT2D eigenvalue weighted by Crippen LogP contribution is 2.17. The predicted octanol–water partition coefficient (Wildman–Crippen LogP) is 4.18. The summed E-state index contributed by atoms with van der Waals surface area (Å²) < 4.78 is 3.13. The van der Waals surface area contributed by atoms with Gasteiger partial charge in [0.2, 0.25) is 0 Å². The maximum Gasteiger partial charge on any atom is 0.181 e. The molecule has 106 valence electrons. The van der Waals surface area contributed by atoms with E-state index >= 15 is 0 Å². The number of halogens is 1. The minimum Gasteiger partial charge on any atom is -0.252 e. The number of rotatable bonds is 5. The van der Waals surface area contributed by atoms with Crippen molar-refractivity contribution in [3.63, 3.8) is 0 Å². The molecule has 3 aromatic rings. The van der Waals surface area contributed by atoms with E-state index in [1.165, 1.54) is 9.13 Å². The first-order chi connectivity index (χ1) is 10.3. The van der Waals surface area contributed by atoms with E-state index in [1.54, 1.807) is 0 Å². The maximum atomic E-state index is 4.56. The fraction of sp³-hybridized carbons (Fsp3) is 0.176. The average Bonchev–Trinajstić information content (AvgIpc) is 2.97. The van der Waals surface area contributed by atoms with Crippen LogP contribution in [0.15, 0.2) is 60.9 Å². The van der Waals surface area contributed by atoms with E-state index in [0.717, 1.165) is 30.8 Å². The van der Waals surface area contributed by atoms with Gasteiger partial charge in [-0.05, 0) is 53.1 Å². The molecule has 0 spiro atoms. The molecule has 1 heterocycles. The summed E-state index contributed by atoms with van der Waals surface area (Å²) in [6.45, 7) is 0.895. The van der Waals surface area contributed by atoms with Crippen LogP contribution in [0.4, 0.5) is 0 Å². The van der Waals surface area contributed by atoms with Gasteiger partial charge in [0.05, 0.1) is 0 Å². The van der Waals surface area contributed by atoms with E-state index in [2.05, 4.69) is 75.1 Å². The number of benzene rings is 2. The van der Waals surface area contributed by atoms with E-state index in [1.807, 2.05) is 23.1 Å². The molecule has 0 aliphatic carbocycles. The van der Waals surface area contributed by atoms with Crippen molar-refractivity contribution in [1.29, 1.82) is 0 Å². The van der Waals surface area contributed by atoms with E-state index < -0.39 is 0 Å². The SMILES string of the molecule is Ic1cccc(-c2ncn(CCCc3ccccc3)n2)c1. The molecular formula is C17H16IN3. The fourth-order valence-corrected chi connectivity index (χ4v) is 2.80. The van der Waals surface area contributed by atoms with E-state index in [9.17, 15) is 0 Å². The zero-order valence-electron chi connectivity index (χ0n) is 11.6. The summed E-state index contributed by atoms with van der Waals surface area (Å²) in [7, 11) is 0. The summed E-state index contributed by atoms with van der Waals surface area (Å²) >= 11 is 2.31. The zero-order chi connectivity index (χ0) is 14.5. The number of aryl methyl sites for hydroxylation is 2. The summed E-state index contributed by atoms with van der Waals surface area (Å²) in [5.74, 6) is 0.799. The second-order valence-corrected chi connectivity index (χ2v) is 6.18. The van der Waals surface area contributed by atoms with Gasteiger partial charge in [-0.25, -0.2) is 4.98 Å². The minimum atomic E-state index is 0.799. The van der Waals surface area contributed by atoms with Crippen LogP contribution in [0.1, 0.15) is 12.0 Å². The molecule has 0 saturated heterocycles. The molecule has 0 N–H and O–H groups in total. The van der Waals surface area contributed by atoms with Gasteiger partial charge < -0.3 is 0 Å². The normalized spacial score (nSPS) is 10.7. The van der Waals surface area contributed by atoms with Crippen molar-refractivity contribution in [2.24, 2.45) is 0 Å². The van der Waals surface area contributed by atoms with Gasteiger partial charge >= 0.3 is 0 Å². The number of aromatic nitrogens is 3. The summed E-state index contributed by atoms with van der Waals surface area (Å²) in [6, 6.07) is 18.8. The summed E-state index contributed by atoms with van der Waals surface area (Å²) in [5.41, 5.74) is 2.44. The van der Waals surface area contributed by atoms with Crippen LogP contribution in [-0.4, -0.2) is 14.8 Å². The fourth-order valence-electron chi connectivity index (χ4n) is 2.25. The second-order valence-electron chi connectivity index (χ2n) is 4.93. The molecule has 3 nitrogen and oxygen atoms in total. The van der Waals surface area contributed by atoms with Crippen LogP contribution in [-0.2, 0) is 13.0 Å². The molecule has 0 unspecified atom stereocenters. The zero-order valence-corrected chi connectivity index (χ0v) is 13.8. The predicted molar refractivity (Wildman–Crippen MR) is 92.9 cm³/mol. The molecular weight excluding hydrogens is 373 g/mol. The van der Waals surface area contributed by atoms with Crippen LogP contribution < -0.4 is 0 Å². The lowest BCUT2D eigenvalue weighted by Gasteiger charge is -2.01. The third-order valence-electron chi connectivity index (χ3n) is 3.31. The van der Waals surface area contributed by atoms with Crippen LogP contribution >= 0.6 is 22.6 Å². The van der Waals surface area contributed by atoms with Crippen molar-refractivity contribution in [2.75, 3.05) is 0 Å². The Kier molecular flexibility index (Phi) is 4.65. The molecule has 0 atom stereocenters. The first kappa shape index (κ1) is 14.3. The standard InChI is InChI=1S/C17H16IN3/c18-16-10-4-9-15(12-16)17-19-13-21(20-17)11-5-8-14-6-2-1-3-7-14/h1-4,6-7,9-10,12-13H,5,8,11H2. The molecule has 4 heteroatoms. The monoisotopic (exact) mass is 389 g/mol. The van der Waals surface area contributed by atoms with Gasteiger partial charge in [-0.1, -0.05) is 42.5 Å². The lowest BCUT2D eigenvalue weighted by Crippen LogP contribution is -2.00. The van der Waals surface area contributed by atoms with Gasteiger partial charge in [-0.15, -0.1) is 0 Å². The largest absolute Gasteiger partial charge is 0.252 e. The molecule has 3 rings (SSSR count). The molecule has 0 saturated carbocycles. The van der Waals surface area contributed by atoms with Gasteiger partial charge in [0.1, 0.15) is 6.33 Å². The molecule has 1 aromatic heterocycles. The van der Waals surface area contributed by atoms with Crippen LogP contribution in [0, 0.1) is 3.57 Å². The third-order valence-corrected chi connectivity index (χ3v) is 3.99. The van der Waals surface area contributed by atoms with Gasteiger partial charge in [0.25, 0.3) is 0 Å². The van der Waals surface area contributed by atoms with Gasteiger partial charge in [0.15, 0.2) is 5.82 Å². The molecule has 0 amide bonds. The second kappa shape index (κ2) is 6.85. The van der Waals surface area contributed by atoms with Crippen LogP contribution in [0.3, 0.4) is 0 Å². The molecule has 0 fully saturated rings. The maximum absolute atomic E-state index is 4.56. The highest BCUT2D eigenvalue weighted by atomic mass is 127. The quantitative estimate of drug-likeness (QED) is 0.613. The van der Waals surface area contributed by atoms with Crippen molar-refractivity contribution in [3.8, 4) is 11.4 Å². The van der Waals surface area contributed by atoms with E-state index in [4.69, 9.17) is 0 Å². The Labute approximate surface area is 138 Å². The van der Waals surface area contributed by atoms with Crippen LogP contribution in [0.25, 0.3) is 11.4 Å². The lowest BCUT2D eigenvalue weighted by molar-refractivity contribution is 0.578. The number of hydrogen-bond acceptors (Lipinski definition) is 2. The molecule has 0 radical (unpaired) electrons. The topological polar surface area (TPSA) is 30.7 Å². The number of nitrogens with zero attached hydrogens (tertiary/aromatic N) is 3. The first-order valence-electron chi connectivity index (χ1n) is 7.00. The van der Waals surface area contributed by atoms with Crippen molar-refractivity contribution in [1.82, 2.24) is 14.8 Å². The Balaban J connectivity index is 1.60. The minimum absolute atomic E-state index is 0.799. The Bertz CT molecular complexity index is 707. The van der Waals surface area contributed by atoms with Crippen LogP contribution in [0.5, 0.6) is 0 Å². The highest BCUT2D eigenvalue weighted by Gasteiger charge is 2.04. The van der Waals surface area contributed by atoms with E-state index in [0.29, 0.717) is 0 Å². The summed E-state index contributed by atoms with van der Waals surface area (Å²) in [5, 5.41) is 4.56. The number of hydrogen-bond donors (Lipinski definition) is 0. The van der Waals surface area contributed by atoms with Gasteiger partial charge in [0, 0.05) is 15.7 Å². The third kappa shape index (κ3) is 3.91. The summed E-state index contributed by atoms with van der Waals surface area (Å²) in [6.07, 6.45) is 3.96. The lowest BCUT2D eigenvalue weighted by atomic mass is 10.1. The van der Waals surface area contributed by atoms with Crippen molar-refractivity contribution >= 4 is 22.6 Å². The molecule has 0 bridgehead atoms. The van der Waals surface area contributed by atoms with Gasteiger partial charge in [-0.2, -0.15) is 5.10 Å². The summed E-state index contributed by atoms with van der Waals surface area (Å²) in [4.78, 5) is 4.40. The molecule has 0 aliphatic rings. The van der Waals surface area contributed by atoms with Gasteiger partial charge in [-0.3, -0.25) is 4.68 Å². The molecule has 21 heavy (non-hydrogen) atoms. The first-order valence-corrected chi connectivity index (χ1v) is 8.08. The Hall–Kier alpha value is -1.69. The molecule has 2 aromatic carbocycles. The van der Waals surface area contributed by atoms with Crippen molar-refractivity contribution in [2.45, 2.75) is 19.4 Å². The molecule has 0 aliphatic heterocycles. The van der Waals surface area contributed by atoms with Crippen molar-refractivity contribution < 1.29 is 0 Å². The smallest absolute Gasteiger partial charge is 0.181 e. The average molecular weight is 389 g/mol. The van der Waals surface area contributed by atoms with Crippen molar-refractivity contribution in [3.05, 3.63) is 70.1 Å². The van der Waals surface area contributed by atoms with E-state index in [-0.39, 0.29) is 0 Å².